The highest BCUT2D eigenvalue weighted by atomic mass is 16.5. The van der Waals surface area contributed by atoms with Gasteiger partial charge in [0.2, 0.25) is 11.8 Å². The van der Waals surface area contributed by atoms with Gasteiger partial charge in [0, 0.05) is 24.7 Å². The van der Waals surface area contributed by atoms with Gasteiger partial charge in [-0.1, -0.05) is 38.1 Å². The number of carbonyl (C=O) groups is 2. The van der Waals surface area contributed by atoms with Crippen LogP contribution in [0.4, 0.5) is 10.5 Å². The molecule has 3 amide bonds. The third-order valence-electron chi connectivity index (χ3n) is 5.14. The Morgan fingerprint density at radius 2 is 1.83 bits per heavy atom. The number of piperidine rings is 1. The van der Waals surface area contributed by atoms with E-state index in [0.717, 1.165) is 5.69 Å². The Balaban J connectivity index is 1.44. The maximum Gasteiger partial charge on any atom is 0.321 e. The molecule has 0 spiro atoms. The molecular formula is C21H29N5O3. The first-order chi connectivity index (χ1) is 13.7. The first-order valence-corrected chi connectivity index (χ1v) is 9.96. The van der Waals surface area contributed by atoms with Crippen molar-refractivity contribution in [3.63, 3.8) is 0 Å². The van der Waals surface area contributed by atoms with Crippen molar-refractivity contribution in [3.05, 3.63) is 41.5 Å². The van der Waals surface area contributed by atoms with Gasteiger partial charge in [-0.15, -0.1) is 0 Å². The number of likely N-dealkylation sites (tertiary alicyclic amines) is 1. The number of hydrogen-bond acceptors (Lipinski definition) is 5. The molecule has 2 N–H and O–H groups in total. The lowest BCUT2D eigenvalue weighted by atomic mass is 9.87. The monoisotopic (exact) mass is 399 g/mol. The summed E-state index contributed by atoms with van der Waals surface area (Å²) in [5, 5.41) is 9.47. The highest BCUT2D eigenvalue weighted by Gasteiger charge is 2.27. The van der Waals surface area contributed by atoms with Crippen molar-refractivity contribution in [2.45, 2.75) is 52.5 Å². The molecule has 0 aliphatic carbocycles. The van der Waals surface area contributed by atoms with Crippen molar-refractivity contribution in [3.8, 4) is 0 Å². The first-order valence-electron chi connectivity index (χ1n) is 9.96. The number of carbonyl (C=O) groups excluding carboxylic acids is 2. The summed E-state index contributed by atoms with van der Waals surface area (Å²) in [7, 11) is 0. The molecule has 156 valence electrons. The number of anilines is 1. The molecule has 1 aromatic carbocycles. The van der Waals surface area contributed by atoms with Crippen LogP contribution in [0, 0.1) is 12.8 Å². The van der Waals surface area contributed by atoms with Gasteiger partial charge in [-0.25, -0.2) is 4.79 Å². The third-order valence-corrected chi connectivity index (χ3v) is 5.14. The van der Waals surface area contributed by atoms with Crippen LogP contribution in [0.3, 0.4) is 0 Å². The molecule has 2 aromatic rings. The zero-order valence-electron chi connectivity index (χ0n) is 17.5. The zero-order valence-corrected chi connectivity index (χ0v) is 17.5. The largest absolute Gasteiger partial charge is 0.347 e. The minimum atomic E-state index is -0.131. The van der Waals surface area contributed by atoms with Crippen molar-refractivity contribution < 1.29 is 14.1 Å². The molecule has 8 heteroatoms. The molecule has 1 aliphatic rings. The lowest BCUT2D eigenvalue weighted by molar-refractivity contribution is -0.126. The van der Waals surface area contributed by atoms with Gasteiger partial charge in [0.1, 0.15) is 0 Å². The topological polar surface area (TPSA) is 100 Å². The predicted octanol–water partition coefficient (Wildman–Crippen LogP) is 3.24. The summed E-state index contributed by atoms with van der Waals surface area (Å²) in [6, 6.07) is 7.80. The molecule has 8 nitrogen and oxygen atoms in total. The van der Waals surface area contributed by atoms with Crippen LogP contribution in [-0.2, 0) is 16.8 Å². The van der Waals surface area contributed by atoms with Crippen LogP contribution in [0.25, 0.3) is 0 Å². The normalized spacial score (nSPS) is 15.2. The number of hydrogen-bond donors (Lipinski definition) is 2. The molecule has 1 fully saturated rings. The van der Waals surface area contributed by atoms with Crippen LogP contribution >= 0.6 is 0 Å². The number of amides is 3. The smallest absolute Gasteiger partial charge is 0.321 e. The van der Waals surface area contributed by atoms with Crippen molar-refractivity contribution in [1.82, 2.24) is 20.4 Å². The Bertz CT molecular complexity index is 846. The molecule has 0 radical (unpaired) electrons. The molecule has 0 unspecified atom stereocenters. The van der Waals surface area contributed by atoms with Gasteiger partial charge < -0.3 is 20.1 Å². The Kier molecular flexibility index (Phi) is 6.20. The Morgan fingerprint density at radius 1 is 1.17 bits per heavy atom. The fourth-order valence-corrected chi connectivity index (χ4v) is 3.32. The molecular weight excluding hydrogens is 370 g/mol. The van der Waals surface area contributed by atoms with Crippen LogP contribution in [0.1, 0.15) is 50.9 Å². The van der Waals surface area contributed by atoms with Gasteiger partial charge in [-0.3, -0.25) is 4.79 Å². The number of nitrogens with zero attached hydrogens (tertiary/aromatic N) is 3. The number of benzene rings is 1. The van der Waals surface area contributed by atoms with Crippen LogP contribution in [0.5, 0.6) is 0 Å². The van der Waals surface area contributed by atoms with Gasteiger partial charge >= 0.3 is 6.03 Å². The van der Waals surface area contributed by atoms with Gasteiger partial charge in [0.25, 0.3) is 0 Å². The van der Waals surface area contributed by atoms with Crippen LogP contribution in [0.15, 0.2) is 28.8 Å². The Labute approximate surface area is 171 Å². The van der Waals surface area contributed by atoms with Gasteiger partial charge in [-0.05, 0) is 42.9 Å². The highest BCUT2D eigenvalue weighted by Crippen LogP contribution is 2.24. The molecule has 1 aromatic heterocycles. The average molecular weight is 399 g/mol. The SMILES string of the molecule is Cc1noc(CNC(=O)C2CCN(C(=O)Nc3ccc(C(C)(C)C)cc3)CC2)n1. The second-order valence-electron chi connectivity index (χ2n) is 8.47. The summed E-state index contributed by atoms with van der Waals surface area (Å²) in [6.07, 6.45) is 1.26. The van der Waals surface area contributed by atoms with E-state index < -0.39 is 0 Å². The summed E-state index contributed by atoms with van der Waals surface area (Å²) >= 11 is 0. The second-order valence-corrected chi connectivity index (χ2v) is 8.47. The molecule has 2 heterocycles. The fraction of sp³-hybridized carbons (Fsp3) is 0.524. The number of rotatable bonds is 4. The lowest BCUT2D eigenvalue weighted by Crippen LogP contribution is -2.44. The van der Waals surface area contributed by atoms with E-state index >= 15 is 0 Å². The van der Waals surface area contributed by atoms with E-state index in [9.17, 15) is 9.59 Å². The molecule has 29 heavy (non-hydrogen) atoms. The molecule has 0 saturated carbocycles. The quantitative estimate of drug-likeness (QED) is 0.822. The average Bonchev–Trinajstić information content (AvgIpc) is 3.11. The van der Waals surface area contributed by atoms with Crippen molar-refractivity contribution in [1.29, 1.82) is 0 Å². The number of urea groups is 1. The van der Waals surface area contributed by atoms with Crippen molar-refractivity contribution >= 4 is 17.6 Å². The zero-order chi connectivity index (χ0) is 21.0. The molecule has 0 bridgehead atoms. The molecule has 1 saturated heterocycles. The Hall–Kier alpha value is -2.90. The third kappa shape index (κ3) is 5.56. The maximum absolute atomic E-state index is 12.5. The molecule has 3 rings (SSSR count). The summed E-state index contributed by atoms with van der Waals surface area (Å²) in [4.78, 5) is 30.7. The lowest BCUT2D eigenvalue weighted by Gasteiger charge is -2.31. The van der Waals surface area contributed by atoms with E-state index in [0.29, 0.717) is 37.6 Å². The predicted molar refractivity (Wildman–Crippen MR) is 109 cm³/mol. The summed E-state index contributed by atoms with van der Waals surface area (Å²) < 4.78 is 5.00. The summed E-state index contributed by atoms with van der Waals surface area (Å²) in [5.74, 6) is 0.777. The van der Waals surface area contributed by atoms with Gasteiger partial charge in [-0.2, -0.15) is 4.98 Å². The number of aromatic nitrogens is 2. The summed E-state index contributed by atoms with van der Waals surface area (Å²) in [6.45, 7) is 9.52. The van der Waals surface area contributed by atoms with Crippen LogP contribution in [-0.4, -0.2) is 40.1 Å². The van der Waals surface area contributed by atoms with E-state index in [1.54, 1.807) is 11.8 Å². The van der Waals surface area contributed by atoms with E-state index in [1.807, 2.05) is 24.3 Å². The van der Waals surface area contributed by atoms with Crippen LogP contribution < -0.4 is 10.6 Å². The molecule has 0 atom stereocenters. The van der Waals surface area contributed by atoms with E-state index in [-0.39, 0.29) is 29.8 Å². The standard InChI is InChI=1S/C21H29N5O3/c1-14-23-18(29-25-14)13-22-19(27)15-9-11-26(12-10-15)20(28)24-17-7-5-16(6-8-17)21(2,3)4/h5-8,15H,9-13H2,1-4H3,(H,22,27)(H,24,28). The minimum Gasteiger partial charge on any atom is -0.347 e. The first kappa shape index (κ1) is 20.8. The highest BCUT2D eigenvalue weighted by molar-refractivity contribution is 5.89. The maximum atomic E-state index is 12.5. The fourth-order valence-electron chi connectivity index (χ4n) is 3.32. The van der Waals surface area contributed by atoms with Gasteiger partial charge in [0.15, 0.2) is 5.82 Å². The number of nitrogens with one attached hydrogen (secondary N) is 2. The van der Waals surface area contributed by atoms with E-state index in [4.69, 9.17) is 4.52 Å². The number of aryl methyl sites for hydroxylation is 1. The van der Waals surface area contributed by atoms with Crippen LogP contribution in [0.2, 0.25) is 0 Å². The van der Waals surface area contributed by atoms with Gasteiger partial charge in [0.05, 0.1) is 6.54 Å². The van der Waals surface area contributed by atoms with Crippen molar-refractivity contribution in [2.24, 2.45) is 5.92 Å². The molecule has 1 aliphatic heterocycles. The summed E-state index contributed by atoms with van der Waals surface area (Å²) in [5.41, 5.74) is 2.07. The second kappa shape index (κ2) is 8.63. The van der Waals surface area contributed by atoms with E-state index in [2.05, 4.69) is 41.5 Å². The Morgan fingerprint density at radius 3 is 2.38 bits per heavy atom. The van der Waals surface area contributed by atoms with E-state index in [1.165, 1.54) is 5.56 Å². The van der Waals surface area contributed by atoms with Crippen molar-refractivity contribution in [2.75, 3.05) is 18.4 Å². The minimum absolute atomic E-state index is 0.0429.